The molecule has 4 heteroatoms. The van der Waals surface area contributed by atoms with Crippen LogP contribution in [0.2, 0.25) is 0 Å². The Hall–Kier alpha value is -0.870. The van der Waals surface area contributed by atoms with Gasteiger partial charge in [0.2, 0.25) is 5.91 Å². The molecule has 0 saturated carbocycles. The van der Waals surface area contributed by atoms with E-state index in [1.165, 1.54) is 5.56 Å². The van der Waals surface area contributed by atoms with E-state index in [1.54, 1.807) is 16.7 Å². The van der Waals surface area contributed by atoms with Gasteiger partial charge >= 0.3 is 0 Å². The van der Waals surface area contributed by atoms with Crippen LogP contribution in [0.5, 0.6) is 0 Å². The van der Waals surface area contributed by atoms with Crippen molar-refractivity contribution < 1.29 is 4.79 Å². The van der Waals surface area contributed by atoms with Gasteiger partial charge in [-0.05, 0) is 17.0 Å². The number of hydrogen-bond donors (Lipinski definition) is 0. The lowest BCUT2D eigenvalue weighted by molar-refractivity contribution is -0.126. The summed E-state index contributed by atoms with van der Waals surface area (Å²) in [5.41, 5.74) is 2.36. The van der Waals surface area contributed by atoms with Crippen molar-refractivity contribution in [3.8, 4) is 0 Å². The smallest absolute Gasteiger partial charge is 0.232 e. The zero-order valence-corrected chi connectivity index (χ0v) is 12.3. The van der Waals surface area contributed by atoms with Crippen molar-refractivity contribution in [2.24, 2.45) is 0 Å². The molecule has 1 saturated heterocycles. The van der Waals surface area contributed by atoms with E-state index in [0.717, 1.165) is 22.2 Å². The van der Waals surface area contributed by atoms with E-state index in [-0.39, 0.29) is 5.91 Å². The molecule has 1 fully saturated rings. The number of rotatable bonds is 3. The first kappa shape index (κ1) is 13.6. The Balaban J connectivity index is 2.01. The summed E-state index contributed by atoms with van der Waals surface area (Å²) in [7, 11) is 0. The van der Waals surface area contributed by atoms with Crippen molar-refractivity contribution in [3.63, 3.8) is 0 Å². The Labute approximate surface area is 118 Å². The molecule has 0 bridgehead atoms. The fourth-order valence-corrected chi connectivity index (χ4v) is 3.15. The van der Waals surface area contributed by atoms with E-state index in [9.17, 15) is 4.79 Å². The molecule has 0 unspecified atom stereocenters. The first-order chi connectivity index (χ1) is 8.58. The highest BCUT2D eigenvalue weighted by atomic mass is 32.2. The van der Waals surface area contributed by atoms with Gasteiger partial charge in [-0.3, -0.25) is 9.69 Å². The van der Waals surface area contributed by atoms with Gasteiger partial charge in [0.1, 0.15) is 4.32 Å². The maximum atomic E-state index is 12.1. The van der Waals surface area contributed by atoms with Gasteiger partial charge < -0.3 is 0 Å². The highest BCUT2D eigenvalue weighted by Crippen LogP contribution is 2.20. The van der Waals surface area contributed by atoms with Crippen molar-refractivity contribution in [1.29, 1.82) is 0 Å². The highest BCUT2D eigenvalue weighted by molar-refractivity contribution is 8.23. The predicted octanol–water partition coefficient (Wildman–Crippen LogP) is 3.21. The lowest BCUT2D eigenvalue weighted by Gasteiger charge is -2.14. The van der Waals surface area contributed by atoms with Crippen LogP contribution in [0.15, 0.2) is 24.3 Å². The van der Waals surface area contributed by atoms with Gasteiger partial charge in [-0.2, -0.15) is 0 Å². The second kappa shape index (κ2) is 5.85. The first-order valence-electron chi connectivity index (χ1n) is 6.14. The molecule has 2 rings (SSSR count). The van der Waals surface area contributed by atoms with Crippen LogP contribution < -0.4 is 0 Å². The average molecular weight is 279 g/mol. The fourth-order valence-electron chi connectivity index (χ4n) is 1.91. The summed E-state index contributed by atoms with van der Waals surface area (Å²) in [6.07, 6.45) is 0.444. The highest BCUT2D eigenvalue weighted by Gasteiger charge is 2.23. The summed E-state index contributed by atoms with van der Waals surface area (Å²) < 4.78 is 0.721. The predicted molar refractivity (Wildman–Crippen MR) is 81.0 cm³/mol. The molecule has 0 N–H and O–H groups in total. The van der Waals surface area contributed by atoms with E-state index in [2.05, 4.69) is 26.0 Å². The standard InChI is InChI=1S/C14H17NOS2/c1-10(2)12-5-3-11(4-6-12)9-13(16)15-7-8-18-14(15)17/h3-6,10H,7-9H2,1-2H3. The van der Waals surface area contributed by atoms with Crippen LogP contribution in [0.3, 0.4) is 0 Å². The van der Waals surface area contributed by atoms with Crippen molar-refractivity contribution in [1.82, 2.24) is 4.90 Å². The summed E-state index contributed by atoms with van der Waals surface area (Å²) in [5, 5.41) is 0. The number of thioether (sulfide) groups is 1. The van der Waals surface area contributed by atoms with E-state index < -0.39 is 0 Å². The molecule has 0 radical (unpaired) electrons. The Kier molecular flexibility index (Phi) is 4.40. The second-order valence-electron chi connectivity index (χ2n) is 4.73. The van der Waals surface area contributed by atoms with Crippen LogP contribution >= 0.6 is 24.0 Å². The van der Waals surface area contributed by atoms with Crippen molar-refractivity contribution >= 4 is 34.2 Å². The number of amides is 1. The molecule has 18 heavy (non-hydrogen) atoms. The van der Waals surface area contributed by atoms with Crippen molar-refractivity contribution in [3.05, 3.63) is 35.4 Å². The average Bonchev–Trinajstić information content (AvgIpc) is 2.76. The van der Waals surface area contributed by atoms with Gasteiger partial charge in [0, 0.05) is 12.3 Å². The molecule has 1 amide bonds. The molecule has 0 aliphatic carbocycles. The number of thiocarbonyl (C=S) groups is 1. The lowest BCUT2D eigenvalue weighted by Crippen LogP contribution is -2.31. The van der Waals surface area contributed by atoms with Crippen LogP contribution in [-0.2, 0) is 11.2 Å². The number of hydrogen-bond acceptors (Lipinski definition) is 3. The van der Waals surface area contributed by atoms with Gasteiger partial charge in [0.05, 0.1) is 6.42 Å². The molecule has 0 atom stereocenters. The molecule has 2 nitrogen and oxygen atoms in total. The zero-order valence-electron chi connectivity index (χ0n) is 10.7. The molecule has 0 aromatic heterocycles. The minimum Gasteiger partial charge on any atom is -0.297 e. The molecule has 1 aromatic carbocycles. The molecular formula is C14H17NOS2. The number of carbonyl (C=O) groups is 1. The third-order valence-corrected chi connectivity index (χ3v) is 4.49. The van der Waals surface area contributed by atoms with Crippen molar-refractivity contribution in [2.45, 2.75) is 26.2 Å². The quantitative estimate of drug-likeness (QED) is 0.792. The second-order valence-corrected chi connectivity index (χ2v) is 6.46. The molecule has 1 aliphatic rings. The van der Waals surface area contributed by atoms with Gasteiger partial charge in [-0.1, -0.05) is 62.1 Å². The Bertz CT molecular complexity index is 453. The summed E-state index contributed by atoms with van der Waals surface area (Å²) in [5.74, 6) is 1.57. The Morgan fingerprint density at radius 1 is 1.39 bits per heavy atom. The molecule has 96 valence electrons. The number of nitrogens with zero attached hydrogens (tertiary/aromatic N) is 1. The third-order valence-electron chi connectivity index (χ3n) is 3.06. The number of carbonyl (C=O) groups excluding carboxylic acids is 1. The summed E-state index contributed by atoms with van der Waals surface area (Å²) in [4.78, 5) is 13.8. The van der Waals surface area contributed by atoms with Crippen LogP contribution in [0, 0.1) is 0 Å². The Morgan fingerprint density at radius 3 is 2.56 bits per heavy atom. The Morgan fingerprint density at radius 2 is 2.06 bits per heavy atom. The van der Waals surface area contributed by atoms with Crippen LogP contribution in [0.4, 0.5) is 0 Å². The largest absolute Gasteiger partial charge is 0.297 e. The van der Waals surface area contributed by atoms with E-state index >= 15 is 0 Å². The maximum Gasteiger partial charge on any atom is 0.232 e. The molecule has 0 spiro atoms. The van der Waals surface area contributed by atoms with Gasteiger partial charge in [-0.15, -0.1) is 0 Å². The summed E-state index contributed by atoms with van der Waals surface area (Å²) >= 11 is 6.74. The van der Waals surface area contributed by atoms with E-state index in [1.807, 2.05) is 12.1 Å². The minimum absolute atomic E-state index is 0.113. The third kappa shape index (κ3) is 3.12. The first-order valence-corrected chi connectivity index (χ1v) is 7.53. The number of benzene rings is 1. The summed E-state index contributed by atoms with van der Waals surface area (Å²) in [6, 6.07) is 8.29. The van der Waals surface area contributed by atoms with Gasteiger partial charge in [0.25, 0.3) is 0 Å². The molecule has 1 heterocycles. The zero-order chi connectivity index (χ0) is 13.1. The minimum atomic E-state index is 0.113. The van der Waals surface area contributed by atoms with Gasteiger partial charge in [0.15, 0.2) is 0 Å². The van der Waals surface area contributed by atoms with E-state index in [4.69, 9.17) is 12.2 Å². The maximum absolute atomic E-state index is 12.1. The molecule has 1 aromatic rings. The monoisotopic (exact) mass is 279 g/mol. The van der Waals surface area contributed by atoms with Crippen LogP contribution in [0.25, 0.3) is 0 Å². The fraction of sp³-hybridized carbons (Fsp3) is 0.429. The SMILES string of the molecule is CC(C)c1ccc(CC(=O)N2CCSC2=S)cc1. The van der Waals surface area contributed by atoms with E-state index in [0.29, 0.717) is 12.3 Å². The molecule has 1 aliphatic heterocycles. The van der Waals surface area contributed by atoms with Crippen LogP contribution in [-0.4, -0.2) is 27.4 Å². The van der Waals surface area contributed by atoms with Crippen molar-refractivity contribution in [2.75, 3.05) is 12.3 Å². The van der Waals surface area contributed by atoms with Crippen LogP contribution in [0.1, 0.15) is 30.9 Å². The molecular weight excluding hydrogens is 262 g/mol. The summed E-state index contributed by atoms with van der Waals surface area (Å²) in [6.45, 7) is 5.09. The topological polar surface area (TPSA) is 20.3 Å². The lowest BCUT2D eigenvalue weighted by atomic mass is 10.0. The van der Waals surface area contributed by atoms with Gasteiger partial charge in [-0.25, -0.2) is 0 Å². The normalized spacial score (nSPS) is 15.5.